The van der Waals surface area contributed by atoms with Crippen LogP contribution in [0.2, 0.25) is 0 Å². The highest BCUT2D eigenvalue weighted by molar-refractivity contribution is 5.99. The predicted molar refractivity (Wildman–Crippen MR) is 86.8 cm³/mol. The molecule has 1 N–H and O–H groups in total. The van der Waals surface area contributed by atoms with Gasteiger partial charge < -0.3 is 9.84 Å². The van der Waals surface area contributed by atoms with Gasteiger partial charge in [0.15, 0.2) is 5.78 Å². The molecule has 23 heavy (non-hydrogen) atoms. The van der Waals surface area contributed by atoms with Crippen molar-refractivity contribution in [1.82, 2.24) is 4.57 Å². The van der Waals surface area contributed by atoms with E-state index >= 15 is 0 Å². The Kier molecular flexibility index (Phi) is 7.49. The summed E-state index contributed by atoms with van der Waals surface area (Å²) in [5.74, 6) is -0.582. The van der Waals surface area contributed by atoms with Crippen molar-refractivity contribution in [3.05, 3.63) is 27.0 Å². The molecule has 1 aromatic heterocycles. The second-order valence-corrected chi connectivity index (χ2v) is 5.34. The maximum absolute atomic E-state index is 12.3. The number of ketones is 1. The minimum atomic E-state index is -0.564. The molecule has 6 nitrogen and oxygen atoms in total. The molecule has 0 aromatic carbocycles. The molecule has 0 atom stereocenters. The fourth-order valence-electron chi connectivity index (χ4n) is 2.42. The van der Waals surface area contributed by atoms with E-state index in [9.17, 15) is 20.0 Å². The number of hydrogen-bond acceptors (Lipinski definition) is 5. The smallest absolute Gasteiger partial charge is 0.271 e. The van der Waals surface area contributed by atoms with Crippen LogP contribution in [-0.4, -0.2) is 28.7 Å². The molecule has 0 fully saturated rings. The third-order valence-corrected chi connectivity index (χ3v) is 3.71. The van der Waals surface area contributed by atoms with Crippen molar-refractivity contribution < 1.29 is 14.6 Å². The van der Waals surface area contributed by atoms with Gasteiger partial charge >= 0.3 is 0 Å². The molecule has 1 rings (SSSR count). The van der Waals surface area contributed by atoms with Gasteiger partial charge in [-0.2, -0.15) is 5.26 Å². The number of pyridine rings is 1. The number of aromatic nitrogens is 1. The highest BCUT2D eigenvalue weighted by Gasteiger charge is 2.23. The van der Waals surface area contributed by atoms with Gasteiger partial charge in [0.2, 0.25) is 5.88 Å². The fraction of sp³-hybridized carbons (Fsp3) is 0.588. The minimum Gasteiger partial charge on any atom is -0.494 e. The van der Waals surface area contributed by atoms with E-state index in [1.165, 1.54) is 6.92 Å². The molecule has 0 aliphatic heterocycles. The molecule has 0 bridgehead atoms. The number of ether oxygens (including phenoxy) is 1. The molecular weight excluding hydrogens is 296 g/mol. The van der Waals surface area contributed by atoms with Crippen molar-refractivity contribution in [2.24, 2.45) is 0 Å². The first kappa shape index (κ1) is 18.9. The van der Waals surface area contributed by atoms with E-state index < -0.39 is 5.56 Å². The van der Waals surface area contributed by atoms with Crippen molar-refractivity contribution in [1.29, 1.82) is 5.26 Å². The Hall–Kier alpha value is -2.13. The molecular formula is C17H24N2O4. The van der Waals surface area contributed by atoms with E-state index in [0.717, 1.165) is 11.0 Å². The molecule has 6 heteroatoms. The van der Waals surface area contributed by atoms with Crippen LogP contribution < -0.4 is 5.56 Å². The second-order valence-electron chi connectivity index (χ2n) is 5.34. The normalized spacial score (nSPS) is 10.5. The summed E-state index contributed by atoms with van der Waals surface area (Å²) in [6.45, 7) is 6.58. The number of hydrogen-bond donors (Lipinski definition) is 1. The lowest BCUT2D eigenvalue weighted by atomic mass is 9.98. The molecule has 0 spiro atoms. The monoisotopic (exact) mass is 320 g/mol. The van der Waals surface area contributed by atoms with E-state index in [-0.39, 0.29) is 41.3 Å². The van der Waals surface area contributed by atoms with Gasteiger partial charge in [-0.1, -0.05) is 13.3 Å². The largest absolute Gasteiger partial charge is 0.494 e. The Labute approximate surface area is 136 Å². The summed E-state index contributed by atoms with van der Waals surface area (Å²) in [4.78, 5) is 24.7. The van der Waals surface area contributed by atoms with Crippen molar-refractivity contribution in [3.8, 4) is 11.9 Å². The van der Waals surface area contributed by atoms with Gasteiger partial charge in [0.25, 0.3) is 5.56 Å². The van der Waals surface area contributed by atoms with Gasteiger partial charge in [-0.25, -0.2) is 0 Å². The number of unbranched alkanes of at least 4 members (excludes halogenated alkanes) is 1. The molecule has 126 valence electrons. The van der Waals surface area contributed by atoms with Crippen LogP contribution in [0.15, 0.2) is 4.79 Å². The van der Waals surface area contributed by atoms with E-state index in [1.54, 1.807) is 0 Å². The highest BCUT2D eigenvalue weighted by Crippen LogP contribution is 2.24. The summed E-state index contributed by atoms with van der Waals surface area (Å²) in [6.07, 6.45) is 2.35. The van der Waals surface area contributed by atoms with Gasteiger partial charge in [-0.3, -0.25) is 14.2 Å². The Morgan fingerprint density at radius 1 is 1.35 bits per heavy atom. The van der Waals surface area contributed by atoms with Crippen LogP contribution >= 0.6 is 0 Å². The van der Waals surface area contributed by atoms with E-state index in [1.807, 2.05) is 19.9 Å². The van der Waals surface area contributed by atoms with Gasteiger partial charge in [-0.15, -0.1) is 0 Å². The number of carbonyl (C=O) groups excluding carboxylic acids is 1. The van der Waals surface area contributed by atoms with Gasteiger partial charge in [-0.05, 0) is 32.3 Å². The van der Waals surface area contributed by atoms with E-state index in [2.05, 4.69) is 0 Å². The number of rotatable bonds is 9. The molecule has 0 amide bonds. The first-order chi connectivity index (χ1) is 11.0. The van der Waals surface area contributed by atoms with Crippen LogP contribution in [0.3, 0.4) is 0 Å². The highest BCUT2D eigenvalue weighted by atomic mass is 16.5. The predicted octanol–water partition coefficient (Wildman–Crippen LogP) is 2.53. The van der Waals surface area contributed by atoms with Crippen molar-refractivity contribution in [2.75, 3.05) is 13.2 Å². The van der Waals surface area contributed by atoms with Crippen molar-refractivity contribution >= 4 is 5.78 Å². The summed E-state index contributed by atoms with van der Waals surface area (Å²) in [7, 11) is 0. The third kappa shape index (κ3) is 4.42. The van der Waals surface area contributed by atoms with E-state index in [0.29, 0.717) is 26.1 Å². The van der Waals surface area contributed by atoms with Crippen LogP contribution in [0, 0.1) is 18.3 Å². The lowest BCUT2D eigenvalue weighted by Crippen LogP contribution is -2.27. The van der Waals surface area contributed by atoms with Crippen molar-refractivity contribution in [3.63, 3.8) is 0 Å². The first-order valence-corrected chi connectivity index (χ1v) is 7.96. The molecule has 0 saturated carbocycles. The average Bonchev–Trinajstić information content (AvgIpc) is 2.52. The summed E-state index contributed by atoms with van der Waals surface area (Å²) in [5.41, 5.74) is -0.298. The van der Waals surface area contributed by atoms with Crippen molar-refractivity contribution in [2.45, 2.75) is 53.0 Å². The molecule has 0 aliphatic carbocycles. The van der Waals surface area contributed by atoms with Gasteiger partial charge in [0.05, 0.1) is 5.56 Å². The molecule has 0 saturated heterocycles. The van der Waals surface area contributed by atoms with Crippen LogP contribution in [0.5, 0.6) is 5.88 Å². The zero-order valence-electron chi connectivity index (χ0n) is 14.0. The molecule has 1 heterocycles. The van der Waals surface area contributed by atoms with Crippen LogP contribution in [0.25, 0.3) is 0 Å². The topological polar surface area (TPSA) is 92.3 Å². The van der Waals surface area contributed by atoms with Crippen LogP contribution in [0.4, 0.5) is 0 Å². The van der Waals surface area contributed by atoms with Gasteiger partial charge in [0, 0.05) is 26.2 Å². The van der Waals surface area contributed by atoms with Gasteiger partial charge in [0.1, 0.15) is 11.6 Å². The summed E-state index contributed by atoms with van der Waals surface area (Å²) in [6, 6.07) is 1.86. The Morgan fingerprint density at radius 3 is 2.61 bits per heavy atom. The molecule has 0 aliphatic rings. The number of nitrogens with zero attached hydrogens (tertiary/aromatic N) is 2. The molecule has 0 radical (unpaired) electrons. The summed E-state index contributed by atoms with van der Waals surface area (Å²) >= 11 is 0. The molecule has 0 unspecified atom stereocenters. The number of aromatic hydroxyl groups is 1. The third-order valence-electron chi connectivity index (χ3n) is 3.71. The zero-order valence-corrected chi connectivity index (χ0v) is 14.0. The fourth-order valence-corrected chi connectivity index (χ4v) is 2.42. The van der Waals surface area contributed by atoms with Crippen LogP contribution in [0.1, 0.15) is 61.0 Å². The zero-order chi connectivity index (χ0) is 17.4. The second kappa shape index (κ2) is 9.11. The lowest BCUT2D eigenvalue weighted by molar-refractivity contribution is 0.0974. The quantitative estimate of drug-likeness (QED) is 0.557. The summed E-state index contributed by atoms with van der Waals surface area (Å²) < 4.78 is 6.32. The Morgan fingerprint density at radius 2 is 2.04 bits per heavy atom. The van der Waals surface area contributed by atoms with E-state index in [4.69, 9.17) is 4.74 Å². The maximum Gasteiger partial charge on any atom is 0.271 e. The van der Waals surface area contributed by atoms with Crippen LogP contribution in [-0.2, 0) is 11.3 Å². The standard InChI is InChI=1S/C17H24N2O4/c1-4-6-8-14(20)15-12(3)13(11-18)16(21)19(17(15)22)9-7-10-23-5-2/h22H,4-10H2,1-3H3. The Bertz CT molecular complexity index is 656. The first-order valence-electron chi connectivity index (χ1n) is 7.96. The average molecular weight is 320 g/mol. The number of Topliss-reactive ketones (excluding diaryl/α,β-unsaturated/α-hetero) is 1. The minimum absolute atomic E-state index is 0.0842. The number of carbonyl (C=O) groups is 1. The Balaban J connectivity index is 3.27. The lowest BCUT2D eigenvalue weighted by Gasteiger charge is -2.15. The summed E-state index contributed by atoms with van der Waals surface area (Å²) in [5, 5.41) is 19.6. The molecule has 1 aromatic rings. The maximum atomic E-state index is 12.3. The number of nitriles is 1. The SMILES string of the molecule is CCCCC(=O)c1c(C)c(C#N)c(=O)n(CCCOCC)c1O.